The average molecular weight is 331 g/mol. The Morgan fingerprint density at radius 2 is 1.33 bits per heavy atom. The van der Waals surface area contributed by atoms with Crippen molar-refractivity contribution in [3.8, 4) is 0 Å². The molecule has 0 unspecified atom stereocenters. The molecule has 1 aromatic rings. The molecule has 0 spiro atoms. The summed E-state index contributed by atoms with van der Waals surface area (Å²) in [6.45, 7) is 12.8. The van der Waals surface area contributed by atoms with Gasteiger partial charge in [0.1, 0.15) is 0 Å². The van der Waals surface area contributed by atoms with E-state index in [1.165, 1.54) is 69.8 Å². The molecule has 3 rings (SSSR count). The van der Waals surface area contributed by atoms with E-state index in [4.69, 9.17) is 0 Å². The molecule has 2 heterocycles. The smallest absolute Gasteiger partial charge is 0.0368 e. The molecule has 2 saturated heterocycles. The third kappa shape index (κ3) is 4.87. The number of benzene rings is 1. The molecule has 0 bridgehead atoms. The zero-order valence-electron chi connectivity index (χ0n) is 15.3. The summed E-state index contributed by atoms with van der Waals surface area (Å²) in [6, 6.07) is 9.23. The van der Waals surface area contributed by atoms with Crippen LogP contribution in [0, 0.1) is 0 Å². The van der Waals surface area contributed by atoms with Crippen molar-refractivity contribution >= 4 is 11.4 Å². The van der Waals surface area contributed by atoms with Crippen molar-refractivity contribution in [3.05, 3.63) is 24.3 Å². The summed E-state index contributed by atoms with van der Waals surface area (Å²) in [5.41, 5.74) is 2.76. The summed E-state index contributed by atoms with van der Waals surface area (Å²) in [5.74, 6) is 0. The lowest BCUT2D eigenvalue weighted by molar-refractivity contribution is 0.252. The van der Waals surface area contributed by atoms with Gasteiger partial charge in [-0.05, 0) is 37.2 Å². The summed E-state index contributed by atoms with van der Waals surface area (Å²) >= 11 is 0. The van der Waals surface area contributed by atoms with Gasteiger partial charge in [0.25, 0.3) is 0 Å². The van der Waals surface area contributed by atoms with Gasteiger partial charge in [0.05, 0.1) is 0 Å². The molecule has 2 aliphatic rings. The maximum Gasteiger partial charge on any atom is 0.0368 e. The predicted molar refractivity (Wildman–Crippen MR) is 104 cm³/mol. The van der Waals surface area contributed by atoms with Crippen LogP contribution in [0.25, 0.3) is 0 Å². The maximum atomic E-state index is 3.42. The van der Waals surface area contributed by atoms with Gasteiger partial charge in [-0.25, -0.2) is 0 Å². The Balaban J connectivity index is 1.44. The number of piperazine rings is 2. The number of anilines is 2. The second kappa shape index (κ2) is 9.28. The molecule has 4 heteroatoms. The number of unbranched alkanes of at least 4 members (excludes halogenated alkanes) is 3. The van der Waals surface area contributed by atoms with Crippen LogP contribution in [-0.4, -0.2) is 63.8 Å². The molecular weight excluding hydrogens is 296 g/mol. The van der Waals surface area contributed by atoms with Gasteiger partial charge in [-0.1, -0.05) is 26.2 Å². The fraction of sp³-hybridized carbons (Fsp3) is 0.700. The molecule has 134 valence electrons. The zero-order valence-corrected chi connectivity index (χ0v) is 15.3. The van der Waals surface area contributed by atoms with Gasteiger partial charge in [0.2, 0.25) is 0 Å². The van der Waals surface area contributed by atoms with Gasteiger partial charge in [0, 0.05) is 63.7 Å². The predicted octanol–water partition coefficient (Wildman–Crippen LogP) is 2.80. The summed E-state index contributed by atoms with van der Waals surface area (Å²) in [4.78, 5) is 7.67. The van der Waals surface area contributed by atoms with Crippen LogP contribution < -0.4 is 15.1 Å². The van der Waals surface area contributed by atoms with Gasteiger partial charge in [-0.3, -0.25) is 4.90 Å². The topological polar surface area (TPSA) is 21.8 Å². The molecule has 0 aromatic heterocycles. The van der Waals surface area contributed by atoms with Gasteiger partial charge >= 0.3 is 0 Å². The molecule has 0 saturated carbocycles. The minimum absolute atomic E-state index is 1.10. The molecule has 24 heavy (non-hydrogen) atoms. The monoisotopic (exact) mass is 330 g/mol. The van der Waals surface area contributed by atoms with Gasteiger partial charge in [0.15, 0.2) is 0 Å². The van der Waals surface area contributed by atoms with E-state index in [0.717, 1.165) is 26.2 Å². The number of nitrogens with zero attached hydrogens (tertiary/aromatic N) is 3. The molecule has 2 aliphatic heterocycles. The number of hydrogen-bond acceptors (Lipinski definition) is 4. The van der Waals surface area contributed by atoms with Gasteiger partial charge < -0.3 is 15.1 Å². The number of nitrogens with one attached hydrogen (secondary N) is 1. The van der Waals surface area contributed by atoms with E-state index in [2.05, 4.69) is 51.2 Å². The van der Waals surface area contributed by atoms with E-state index in [1.54, 1.807) is 0 Å². The molecular formula is C20H34N4. The highest BCUT2D eigenvalue weighted by Crippen LogP contribution is 2.22. The van der Waals surface area contributed by atoms with Crippen molar-refractivity contribution in [1.82, 2.24) is 10.2 Å². The Hall–Kier alpha value is -1.26. The van der Waals surface area contributed by atoms with Gasteiger partial charge in [-0.2, -0.15) is 0 Å². The fourth-order valence-corrected chi connectivity index (χ4v) is 3.79. The van der Waals surface area contributed by atoms with Crippen LogP contribution in [0.3, 0.4) is 0 Å². The van der Waals surface area contributed by atoms with Crippen LogP contribution in [0.15, 0.2) is 24.3 Å². The Morgan fingerprint density at radius 1 is 0.750 bits per heavy atom. The third-order valence-electron chi connectivity index (χ3n) is 5.40. The highest BCUT2D eigenvalue weighted by atomic mass is 15.3. The van der Waals surface area contributed by atoms with Gasteiger partial charge in [-0.15, -0.1) is 0 Å². The van der Waals surface area contributed by atoms with E-state index >= 15 is 0 Å². The van der Waals surface area contributed by atoms with Crippen LogP contribution in [0.2, 0.25) is 0 Å². The largest absolute Gasteiger partial charge is 0.369 e. The average Bonchev–Trinajstić information content (AvgIpc) is 2.67. The van der Waals surface area contributed by atoms with Crippen molar-refractivity contribution in [2.45, 2.75) is 32.6 Å². The normalized spacial score (nSPS) is 19.7. The minimum atomic E-state index is 1.10. The first kappa shape index (κ1) is 17.6. The van der Waals surface area contributed by atoms with Crippen molar-refractivity contribution in [2.24, 2.45) is 0 Å². The van der Waals surface area contributed by atoms with E-state index < -0.39 is 0 Å². The van der Waals surface area contributed by atoms with E-state index in [1.807, 2.05) is 0 Å². The molecule has 1 N–H and O–H groups in total. The quantitative estimate of drug-likeness (QED) is 0.776. The second-order valence-corrected chi connectivity index (χ2v) is 7.14. The Labute approximate surface area is 147 Å². The molecule has 4 nitrogen and oxygen atoms in total. The number of rotatable bonds is 7. The SMILES string of the molecule is CCCCCCN1CCN(c2ccc(N3CCNCC3)cc2)CC1. The first-order valence-corrected chi connectivity index (χ1v) is 9.90. The molecule has 2 fully saturated rings. The van der Waals surface area contributed by atoms with Crippen LogP contribution in [0.1, 0.15) is 32.6 Å². The van der Waals surface area contributed by atoms with E-state index in [-0.39, 0.29) is 0 Å². The molecule has 0 aliphatic carbocycles. The second-order valence-electron chi connectivity index (χ2n) is 7.14. The summed E-state index contributed by atoms with van der Waals surface area (Å²) in [6.07, 6.45) is 5.48. The fourth-order valence-electron chi connectivity index (χ4n) is 3.79. The van der Waals surface area contributed by atoms with Crippen LogP contribution in [-0.2, 0) is 0 Å². The zero-order chi connectivity index (χ0) is 16.6. The number of hydrogen-bond donors (Lipinski definition) is 1. The Morgan fingerprint density at radius 3 is 1.92 bits per heavy atom. The van der Waals surface area contributed by atoms with E-state index in [0.29, 0.717) is 0 Å². The standard InChI is InChI=1S/C20H34N4/c1-2-3-4-5-12-22-15-17-24(18-16-22)20-8-6-19(7-9-20)23-13-10-21-11-14-23/h6-9,21H,2-5,10-18H2,1H3. The first-order chi connectivity index (χ1) is 11.9. The lowest BCUT2D eigenvalue weighted by atomic mass is 10.2. The van der Waals surface area contributed by atoms with Crippen LogP contribution in [0.4, 0.5) is 11.4 Å². The lowest BCUT2D eigenvalue weighted by Crippen LogP contribution is -2.46. The third-order valence-corrected chi connectivity index (χ3v) is 5.40. The Kier molecular flexibility index (Phi) is 6.79. The molecule has 0 atom stereocenters. The van der Waals surface area contributed by atoms with Crippen molar-refractivity contribution in [1.29, 1.82) is 0 Å². The summed E-state index contributed by atoms with van der Waals surface area (Å²) in [5, 5.41) is 3.42. The van der Waals surface area contributed by atoms with E-state index in [9.17, 15) is 0 Å². The Bertz CT molecular complexity index is 459. The van der Waals surface area contributed by atoms with Crippen molar-refractivity contribution in [2.75, 3.05) is 68.7 Å². The molecule has 0 radical (unpaired) electrons. The highest BCUT2D eigenvalue weighted by molar-refractivity contribution is 5.56. The maximum absolute atomic E-state index is 3.42. The summed E-state index contributed by atoms with van der Waals surface area (Å²) < 4.78 is 0. The molecule has 0 amide bonds. The van der Waals surface area contributed by atoms with Crippen molar-refractivity contribution < 1.29 is 0 Å². The summed E-state index contributed by atoms with van der Waals surface area (Å²) in [7, 11) is 0. The highest BCUT2D eigenvalue weighted by Gasteiger charge is 2.17. The first-order valence-electron chi connectivity index (χ1n) is 9.90. The van der Waals surface area contributed by atoms with Crippen molar-refractivity contribution in [3.63, 3.8) is 0 Å². The molecule has 1 aromatic carbocycles. The van der Waals surface area contributed by atoms with Crippen LogP contribution >= 0.6 is 0 Å². The minimum Gasteiger partial charge on any atom is -0.369 e. The van der Waals surface area contributed by atoms with Crippen LogP contribution in [0.5, 0.6) is 0 Å². The lowest BCUT2D eigenvalue weighted by Gasteiger charge is -2.36.